The molecule has 0 aliphatic carbocycles. The van der Waals surface area contributed by atoms with E-state index in [0.29, 0.717) is 34.6 Å². The van der Waals surface area contributed by atoms with E-state index in [1.54, 1.807) is 30.3 Å². The van der Waals surface area contributed by atoms with E-state index in [4.69, 9.17) is 26.8 Å². The Kier molecular flexibility index (Phi) is 3.84. The van der Waals surface area contributed by atoms with E-state index in [1.165, 1.54) is 7.11 Å². The largest absolute Gasteiger partial charge is 0.487 e. The van der Waals surface area contributed by atoms with Gasteiger partial charge in [-0.1, -0.05) is 11.6 Å². The van der Waals surface area contributed by atoms with Crippen molar-refractivity contribution in [3.8, 4) is 11.6 Å². The summed E-state index contributed by atoms with van der Waals surface area (Å²) in [6.45, 7) is 0.303. The van der Waals surface area contributed by atoms with Gasteiger partial charge in [-0.25, -0.2) is 0 Å². The van der Waals surface area contributed by atoms with Crippen LogP contribution in [0.25, 0.3) is 0 Å². The molecule has 0 unspecified atom stereocenters. The van der Waals surface area contributed by atoms with Crippen LogP contribution in [-0.2, 0) is 6.61 Å². The van der Waals surface area contributed by atoms with Crippen LogP contribution in [0.15, 0.2) is 30.3 Å². The molecule has 2 aromatic rings. The Hall–Kier alpha value is -2.01. The first-order valence-corrected chi connectivity index (χ1v) is 5.61. The minimum atomic E-state index is 0.303. The lowest BCUT2D eigenvalue weighted by Gasteiger charge is -2.07. The average Bonchev–Trinajstić information content (AvgIpc) is 2.41. The van der Waals surface area contributed by atoms with E-state index in [2.05, 4.69) is 10.2 Å². The number of hydrogen-bond donors (Lipinski definition) is 1. The van der Waals surface area contributed by atoms with Crippen molar-refractivity contribution in [2.75, 3.05) is 12.8 Å². The molecule has 1 aromatic heterocycles. The summed E-state index contributed by atoms with van der Waals surface area (Å²) in [7, 11) is 1.54. The Balaban J connectivity index is 1.99. The van der Waals surface area contributed by atoms with E-state index in [-0.39, 0.29) is 0 Å². The SMILES string of the molecule is COc1ccc(COc2ccc(N)c(Cl)c2)nn1. The molecule has 0 radical (unpaired) electrons. The molecule has 18 heavy (non-hydrogen) atoms. The van der Waals surface area contributed by atoms with Gasteiger partial charge in [0.1, 0.15) is 18.1 Å². The number of methoxy groups -OCH3 is 1. The van der Waals surface area contributed by atoms with E-state index in [9.17, 15) is 0 Å². The highest BCUT2D eigenvalue weighted by atomic mass is 35.5. The minimum absolute atomic E-state index is 0.303. The quantitative estimate of drug-likeness (QED) is 0.859. The number of nitrogen functional groups attached to an aromatic ring is 1. The van der Waals surface area contributed by atoms with Gasteiger partial charge in [0.05, 0.1) is 17.8 Å². The number of nitrogens with two attached hydrogens (primary N) is 1. The highest BCUT2D eigenvalue weighted by Gasteiger charge is 2.02. The molecule has 0 bridgehead atoms. The van der Waals surface area contributed by atoms with E-state index in [1.807, 2.05) is 0 Å². The first-order chi connectivity index (χ1) is 8.69. The van der Waals surface area contributed by atoms with Gasteiger partial charge in [-0.15, -0.1) is 10.2 Å². The maximum Gasteiger partial charge on any atom is 0.233 e. The number of aromatic nitrogens is 2. The standard InChI is InChI=1S/C12H12ClN3O2/c1-17-12-5-2-8(15-16-12)7-18-9-3-4-11(14)10(13)6-9/h2-6H,7,14H2,1H3. The van der Waals surface area contributed by atoms with Crippen molar-refractivity contribution in [2.24, 2.45) is 0 Å². The van der Waals surface area contributed by atoms with Crippen LogP contribution in [0.1, 0.15) is 5.69 Å². The first kappa shape index (κ1) is 12.4. The Morgan fingerprint density at radius 3 is 2.67 bits per heavy atom. The summed E-state index contributed by atoms with van der Waals surface area (Å²) in [5.41, 5.74) is 6.82. The molecule has 0 spiro atoms. The predicted molar refractivity (Wildman–Crippen MR) is 68.8 cm³/mol. The molecule has 0 saturated carbocycles. The fourth-order valence-corrected chi connectivity index (χ4v) is 1.46. The number of nitrogens with zero attached hydrogens (tertiary/aromatic N) is 2. The van der Waals surface area contributed by atoms with Gasteiger partial charge in [0.25, 0.3) is 0 Å². The van der Waals surface area contributed by atoms with Gasteiger partial charge in [0.2, 0.25) is 5.88 Å². The fraction of sp³-hybridized carbons (Fsp3) is 0.167. The number of hydrogen-bond acceptors (Lipinski definition) is 5. The summed E-state index contributed by atoms with van der Waals surface area (Å²) >= 11 is 5.89. The molecule has 5 nitrogen and oxygen atoms in total. The third-order valence-corrected chi connectivity index (χ3v) is 2.59. The van der Waals surface area contributed by atoms with Crippen LogP contribution in [0.4, 0.5) is 5.69 Å². The normalized spacial score (nSPS) is 10.1. The molecule has 0 saturated heterocycles. The predicted octanol–water partition coefficient (Wildman–Crippen LogP) is 2.30. The van der Waals surface area contributed by atoms with Gasteiger partial charge >= 0.3 is 0 Å². The van der Waals surface area contributed by atoms with Crippen LogP contribution in [0.5, 0.6) is 11.6 Å². The van der Waals surface area contributed by atoms with E-state index < -0.39 is 0 Å². The van der Waals surface area contributed by atoms with Crippen molar-refractivity contribution < 1.29 is 9.47 Å². The third-order valence-electron chi connectivity index (χ3n) is 2.26. The molecule has 0 fully saturated rings. The number of anilines is 1. The lowest BCUT2D eigenvalue weighted by Crippen LogP contribution is -2.01. The summed E-state index contributed by atoms with van der Waals surface area (Å²) in [5, 5.41) is 8.26. The van der Waals surface area contributed by atoms with Crippen LogP contribution in [0, 0.1) is 0 Å². The van der Waals surface area contributed by atoms with Crippen molar-refractivity contribution >= 4 is 17.3 Å². The molecule has 0 aliphatic heterocycles. The Bertz CT molecular complexity index is 531. The molecule has 6 heteroatoms. The van der Waals surface area contributed by atoms with Gasteiger partial charge in [-0.2, -0.15) is 0 Å². The van der Waals surface area contributed by atoms with Crippen molar-refractivity contribution in [3.05, 3.63) is 41.0 Å². The smallest absolute Gasteiger partial charge is 0.233 e. The molecule has 94 valence electrons. The van der Waals surface area contributed by atoms with Crippen molar-refractivity contribution in [1.29, 1.82) is 0 Å². The number of rotatable bonds is 4. The summed E-state index contributed by atoms with van der Waals surface area (Å²) in [5.74, 6) is 1.10. The fourth-order valence-electron chi connectivity index (χ4n) is 1.29. The second-order valence-electron chi connectivity index (χ2n) is 3.54. The van der Waals surface area contributed by atoms with Crippen LogP contribution >= 0.6 is 11.6 Å². The lowest BCUT2D eigenvalue weighted by atomic mass is 10.3. The van der Waals surface area contributed by atoms with Gasteiger partial charge in [0, 0.05) is 12.1 Å². The minimum Gasteiger partial charge on any atom is -0.487 e. The summed E-state index contributed by atoms with van der Waals surface area (Å²) < 4.78 is 10.4. The zero-order valence-electron chi connectivity index (χ0n) is 9.76. The molecule has 0 aliphatic rings. The zero-order valence-corrected chi connectivity index (χ0v) is 10.5. The Morgan fingerprint density at radius 2 is 2.06 bits per heavy atom. The maximum absolute atomic E-state index is 5.89. The topological polar surface area (TPSA) is 70.3 Å². The van der Waals surface area contributed by atoms with Crippen molar-refractivity contribution in [3.63, 3.8) is 0 Å². The Labute approximate surface area is 109 Å². The van der Waals surface area contributed by atoms with E-state index in [0.717, 1.165) is 0 Å². The maximum atomic E-state index is 5.89. The zero-order chi connectivity index (χ0) is 13.0. The second-order valence-corrected chi connectivity index (χ2v) is 3.95. The van der Waals surface area contributed by atoms with Gasteiger partial charge in [-0.3, -0.25) is 0 Å². The molecular weight excluding hydrogens is 254 g/mol. The molecule has 1 heterocycles. The molecule has 2 N–H and O–H groups in total. The number of halogens is 1. The number of ether oxygens (including phenoxy) is 2. The van der Waals surface area contributed by atoms with Crippen LogP contribution in [0.3, 0.4) is 0 Å². The van der Waals surface area contributed by atoms with Gasteiger partial charge < -0.3 is 15.2 Å². The van der Waals surface area contributed by atoms with Crippen molar-refractivity contribution in [1.82, 2.24) is 10.2 Å². The van der Waals surface area contributed by atoms with E-state index >= 15 is 0 Å². The Morgan fingerprint density at radius 1 is 1.22 bits per heavy atom. The second kappa shape index (κ2) is 5.55. The molecule has 1 aromatic carbocycles. The highest BCUT2D eigenvalue weighted by Crippen LogP contribution is 2.24. The van der Waals surface area contributed by atoms with Crippen LogP contribution in [0.2, 0.25) is 5.02 Å². The van der Waals surface area contributed by atoms with Gasteiger partial charge in [0.15, 0.2) is 0 Å². The van der Waals surface area contributed by atoms with Crippen LogP contribution in [-0.4, -0.2) is 17.3 Å². The molecular formula is C12H12ClN3O2. The molecule has 2 rings (SSSR count). The number of benzene rings is 1. The molecule has 0 amide bonds. The van der Waals surface area contributed by atoms with Crippen LogP contribution < -0.4 is 15.2 Å². The monoisotopic (exact) mass is 265 g/mol. The van der Waals surface area contributed by atoms with Gasteiger partial charge in [-0.05, 0) is 18.2 Å². The first-order valence-electron chi connectivity index (χ1n) is 5.23. The summed E-state index contributed by atoms with van der Waals surface area (Å²) in [6, 6.07) is 8.61. The lowest BCUT2D eigenvalue weighted by molar-refractivity contribution is 0.298. The van der Waals surface area contributed by atoms with Crippen molar-refractivity contribution in [2.45, 2.75) is 6.61 Å². The average molecular weight is 266 g/mol. The summed E-state index contributed by atoms with van der Waals surface area (Å²) in [4.78, 5) is 0. The third kappa shape index (κ3) is 3.01. The molecule has 0 atom stereocenters. The highest BCUT2D eigenvalue weighted by molar-refractivity contribution is 6.33. The summed E-state index contributed by atoms with van der Waals surface area (Å²) in [6.07, 6.45) is 0.